The maximum absolute atomic E-state index is 14.0. The Hall–Kier alpha value is -1.16. The normalized spacial score (nSPS) is 14.3. The van der Waals surface area contributed by atoms with E-state index in [4.69, 9.17) is 4.74 Å². The molecule has 1 aromatic rings. The van der Waals surface area contributed by atoms with Gasteiger partial charge in [-0.2, -0.15) is 0 Å². The highest BCUT2D eigenvalue weighted by Gasteiger charge is 2.23. The van der Waals surface area contributed by atoms with E-state index in [-0.39, 0.29) is 17.4 Å². The number of methoxy groups -OCH3 is 1. The monoisotopic (exact) mass is 255 g/mol. The van der Waals surface area contributed by atoms with E-state index in [1.54, 1.807) is 0 Å². The van der Waals surface area contributed by atoms with Gasteiger partial charge in [-0.05, 0) is 18.4 Å². The highest BCUT2D eigenvalue weighted by Crippen LogP contribution is 2.32. The van der Waals surface area contributed by atoms with Gasteiger partial charge < -0.3 is 9.84 Å². The minimum absolute atomic E-state index is 0.0584. The number of hydrogen-bond acceptors (Lipinski definition) is 3. The third-order valence-electron chi connectivity index (χ3n) is 3.30. The van der Waals surface area contributed by atoms with E-state index < -0.39 is 11.9 Å². The maximum Gasteiger partial charge on any atom is 0.250 e. The summed E-state index contributed by atoms with van der Waals surface area (Å²) in [5.41, 5.74) is 0.282. The first-order valence-electron chi connectivity index (χ1n) is 6.52. The molecule has 0 fully saturated rings. The zero-order valence-electron chi connectivity index (χ0n) is 11.3. The molecule has 4 heteroatoms. The molecular weight excluding hydrogens is 233 g/mol. The van der Waals surface area contributed by atoms with Crippen molar-refractivity contribution in [1.82, 2.24) is 4.98 Å². The molecule has 0 aliphatic carbocycles. The number of pyridine rings is 1. The van der Waals surface area contributed by atoms with Crippen LogP contribution >= 0.6 is 0 Å². The number of ether oxygens (including phenoxy) is 1. The second-order valence-electron chi connectivity index (χ2n) is 4.48. The third-order valence-corrected chi connectivity index (χ3v) is 3.30. The minimum atomic E-state index is -0.793. The number of aromatic nitrogens is 1. The number of aliphatic hydroxyl groups is 1. The summed E-state index contributed by atoms with van der Waals surface area (Å²) in [6.07, 6.45) is 4.51. The molecule has 102 valence electrons. The lowest BCUT2D eigenvalue weighted by Gasteiger charge is -2.22. The molecule has 0 aliphatic heterocycles. The zero-order chi connectivity index (χ0) is 13.5. The fourth-order valence-corrected chi connectivity index (χ4v) is 2.11. The molecule has 0 amide bonds. The predicted octanol–water partition coefficient (Wildman–Crippen LogP) is 3.48. The molecule has 2 unspecified atom stereocenters. The second kappa shape index (κ2) is 7.31. The highest BCUT2D eigenvalue weighted by molar-refractivity contribution is 5.25. The number of unbranched alkanes of at least 4 members (excludes halogenated alkanes) is 1. The Labute approximate surface area is 108 Å². The fraction of sp³-hybridized carbons (Fsp3) is 0.643. The van der Waals surface area contributed by atoms with Crippen LogP contribution in [0.15, 0.2) is 12.3 Å². The molecule has 0 saturated carbocycles. The SMILES string of the molecule is CCCCC(CC)C(O)c1ccnc(OC)c1F. The Morgan fingerprint density at radius 3 is 2.72 bits per heavy atom. The first kappa shape index (κ1) is 14.9. The standard InChI is InChI=1S/C14H22FNO2/c1-4-6-7-10(5-2)13(17)11-8-9-16-14(18-3)12(11)15/h8-10,13,17H,4-7H2,1-3H3. The Morgan fingerprint density at radius 1 is 1.44 bits per heavy atom. The molecule has 0 bridgehead atoms. The lowest BCUT2D eigenvalue weighted by atomic mass is 9.89. The van der Waals surface area contributed by atoms with E-state index in [0.29, 0.717) is 0 Å². The van der Waals surface area contributed by atoms with E-state index in [1.165, 1.54) is 19.4 Å². The van der Waals surface area contributed by atoms with Gasteiger partial charge in [-0.1, -0.05) is 33.1 Å². The van der Waals surface area contributed by atoms with Crippen LogP contribution in [0.4, 0.5) is 4.39 Å². The molecule has 2 atom stereocenters. The summed E-state index contributed by atoms with van der Waals surface area (Å²) < 4.78 is 18.8. The van der Waals surface area contributed by atoms with Crippen LogP contribution in [-0.4, -0.2) is 17.2 Å². The Kier molecular flexibility index (Phi) is 6.05. The van der Waals surface area contributed by atoms with E-state index >= 15 is 0 Å². The van der Waals surface area contributed by atoms with Crippen molar-refractivity contribution in [3.8, 4) is 5.88 Å². The van der Waals surface area contributed by atoms with Gasteiger partial charge in [0.15, 0.2) is 5.82 Å². The lowest BCUT2D eigenvalue weighted by Crippen LogP contribution is -2.14. The number of rotatable bonds is 7. The molecule has 0 spiro atoms. The van der Waals surface area contributed by atoms with Gasteiger partial charge in [-0.15, -0.1) is 0 Å². The summed E-state index contributed by atoms with van der Waals surface area (Å²) in [6, 6.07) is 1.52. The van der Waals surface area contributed by atoms with Gasteiger partial charge in [0.2, 0.25) is 5.88 Å². The van der Waals surface area contributed by atoms with Gasteiger partial charge in [-0.3, -0.25) is 0 Å². The average Bonchev–Trinajstić information content (AvgIpc) is 2.39. The van der Waals surface area contributed by atoms with Crippen LogP contribution in [-0.2, 0) is 0 Å². The third kappa shape index (κ3) is 3.42. The van der Waals surface area contributed by atoms with Gasteiger partial charge in [0.25, 0.3) is 0 Å². The number of halogens is 1. The molecule has 0 radical (unpaired) electrons. The molecule has 0 aliphatic rings. The molecular formula is C14H22FNO2. The molecule has 3 nitrogen and oxygen atoms in total. The van der Waals surface area contributed by atoms with E-state index in [2.05, 4.69) is 11.9 Å². The summed E-state index contributed by atoms with van der Waals surface area (Å²) in [7, 11) is 1.37. The fourth-order valence-electron chi connectivity index (χ4n) is 2.11. The van der Waals surface area contributed by atoms with E-state index in [0.717, 1.165) is 25.7 Å². The molecule has 1 heterocycles. The van der Waals surface area contributed by atoms with Crippen LogP contribution in [0.3, 0.4) is 0 Å². The number of hydrogen-bond donors (Lipinski definition) is 1. The summed E-state index contributed by atoms with van der Waals surface area (Å²) in [4.78, 5) is 3.78. The van der Waals surface area contributed by atoms with Crippen molar-refractivity contribution in [2.45, 2.75) is 45.6 Å². The van der Waals surface area contributed by atoms with Crippen molar-refractivity contribution < 1.29 is 14.2 Å². The van der Waals surface area contributed by atoms with Gasteiger partial charge in [0.05, 0.1) is 13.2 Å². The van der Waals surface area contributed by atoms with Crippen molar-refractivity contribution in [2.75, 3.05) is 7.11 Å². The zero-order valence-corrected chi connectivity index (χ0v) is 11.3. The van der Waals surface area contributed by atoms with Crippen LogP contribution < -0.4 is 4.74 Å². The van der Waals surface area contributed by atoms with Gasteiger partial charge in [-0.25, -0.2) is 9.37 Å². The predicted molar refractivity (Wildman–Crippen MR) is 69.0 cm³/mol. The summed E-state index contributed by atoms with van der Waals surface area (Å²) in [5, 5.41) is 10.3. The van der Waals surface area contributed by atoms with Crippen molar-refractivity contribution in [1.29, 1.82) is 0 Å². The molecule has 0 aromatic carbocycles. The summed E-state index contributed by atoms with van der Waals surface area (Å²) in [5.74, 6) is -0.536. The van der Waals surface area contributed by atoms with E-state index in [1.807, 2.05) is 6.92 Å². The smallest absolute Gasteiger partial charge is 0.250 e. The van der Waals surface area contributed by atoms with Gasteiger partial charge in [0.1, 0.15) is 0 Å². The first-order valence-corrected chi connectivity index (χ1v) is 6.52. The Morgan fingerprint density at radius 2 is 2.17 bits per heavy atom. The highest BCUT2D eigenvalue weighted by atomic mass is 19.1. The molecule has 0 saturated heterocycles. The van der Waals surface area contributed by atoms with Crippen LogP contribution in [0.25, 0.3) is 0 Å². The van der Waals surface area contributed by atoms with Crippen LogP contribution in [0.1, 0.15) is 51.2 Å². The second-order valence-corrected chi connectivity index (χ2v) is 4.48. The summed E-state index contributed by atoms with van der Waals surface area (Å²) in [6.45, 7) is 4.12. The number of nitrogens with zero attached hydrogens (tertiary/aromatic N) is 1. The van der Waals surface area contributed by atoms with Crippen molar-refractivity contribution in [2.24, 2.45) is 5.92 Å². The molecule has 18 heavy (non-hydrogen) atoms. The van der Waals surface area contributed by atoms with Crippen LogP contribution in [0, 0.1) is 11.7 Å². The number of aliphatic hydroxyl groups excluding tert-OH is 1. The largest absolute Gasteiger partial charge is 0.479 e. The Bertz CT molecular complexity index is 371. The van der Waals surface area contributed by atoms with Crippen molar-refractivity contribution in [3.05, 3.63) is 23.6 Å². The molecule has 1 aromatic heterocycles. The maximum atomic E-state index is 14.0. The average molecular weight is 255 g/mol. The minimum Gasteiger partial charge on any atom is -0.479 e. The van der Waals surface area contributed by atoms with Crippen molar-refractivity contribution in [3.63, 3.8) is 0 Å². The topological polar surface area (TPSA) is 42.4 Å². The molecule has 1 N–H and O–H groups in total. The van der Waals surface area contributed by atoms with Gasteiger partial charge in [0, 0.05) is 11.8 Å². The summed E-state index contributed by atoms with van der Waals surface area (Å²) >= 11 is 0. The van der Waals surface area contributed by atoms with Gasteiger partial charge >= 0.3 is 0 Å². The molecule has 1 rings (SSSR count). The van der Waals surface area contributed by atoms with Crippen LogP contribution in [0.2, 0.25) is 0 Å². The lowest BCUT2D eigenvalue weighted by molar-refractivity contribution is 0.0945. The Balaban J connectivity index is 2.90. The van der Waals surface area contributed by atoms with Crippen LogP contribution in [0.5, 0.6) is 5.88 Å². The quantitative estimate of drug-likeness (QED) is 0.811. The van der Waals surface area contributed by atoms with Crippen molar-refractivity contribution >= 4 is 0 Å². The first-order chi connectivity index (χ1) is 8.65. The van der Waals surface area contributed by atoms with E-state index in [9.17, 15) is 9.50 Å².